The van der Waals surface area contributed by atoms with Crippen molar-refractivity contribution in [1.29, 1.82) is 0 Å². The molecule has 0 rings (SSSR count). The minimum absolute atomic E-state index is 0.339. The van der Waals surface area contributed by atoms with Crippen LogP contribution in [0.25, 0.3) is 0 Å². The average Bonchev–Trinajstić information content (AvgIpc) is 2.21. The van der Waals surface area contributed by atoms with Gasteiger partial charge in [0.05, 0.1) is 0 Å². The number of carbonyl (C=O) groups is 1. The predicted molar refractivity (Wildman–Crippen MR) is 64.0 cm³/mol. The third-order valence-electron chi connectivity index (χ3n) is 3.05. The van der Waals surface area contributed by atoms with E-state index in [1.54, 1.807) is 0 Å². The fraction of sp³-hybridized carbons (Fsp3) is 0.923. The van der Waals surface area contributed by atoms with Crippen LogP contribution in [0.1, 0.15) is 71.6 Å². The van der Waals surface area contributed by atoms with Crippen LogP contribution in [-0.2, 0) is 4.79 Å². The summed E-state index contributed by atoms with van der Waals surface area (Å²) >= 11 is 0. The van der Waals surface area contributed by atoms with E-state index in [9.17, 15) is 4.79 Å². The Bertz CT molecular complexity index is 155. The van der Waals surface area contributed by atoms with Crippen molar-refractivity contribution in [1.82, 2.24) is 0 Å². The van der Waals surface area contributed by atoms with Gasteiger partial charge in [0.2, 0.25) is 0 Å². The zero-order valence-electron chi connectivity index (χ0n) is 10.3. The van der Waals surface area contributed by atoms with Gasteiger partial charge < -0.3 is 5.11 Å². The number of hydrogen-bond acceptors (Lipinski definition) is 1. The topological polar surface area (TPSA) is 37.3 Å². The molecule has 0 aliphatic heterocycles. The summed E-state index contributed by atoms with van der Waals surface area (Å²) in [6, 6.07) is 0. The Morgan fingerprint density at radius 2 is 1.67 bits per heavy atom. The lowest BCUT2D eigenvalue weighted by Crippen LogP contribution is -2.00. The largest absolute Gasteiger partial charge is 0.481 e. The molecular weight excluding hydrogens is 188 g/mol. The van der Waals surface area contributed by atoms with Crippen LogP contribution in [0.2, 0.25) is 0 Å². The van der Waals surface area contributed by atoms with Crippen LogP contribution in [0.3, 0.4) is 0 Å². The summed E-state index contributed by atoms with van der Waals surface area (Å²) in [6.07, 6.45) is 10.0. The maximum Gasteiger partial charge on any atom is 0.303 e. The highest BCUT2D eigenvalue weighted by atomic mass is 16.4. The second-order valence-electron chi connectivity index (χ2n) is 4.41. The predicted octanol–water partition coefficient (Wildman–Crippen LogP) is 4.24. The summed E-state index contributed by atoms with van der Waals surface area (Å²) in [5, 5.41) is 8.51. The van der Waals surface area contributed by atoms with Gasteiger partial charge in [-0.2, -0.15) is 0 Å². The first kappa shape index (κ1) is 14.5. The van der Waals surface area contributed by atoms with E-state index in [2.05, 4.69) is 13.8 Å². The highest BCUT2D eigenvalue weighted by Crippen LogP contribution is 2.20. The Balaban J connectivity index is 3.39. The van der Waals surface area contributed by atoms with Gasteiger partial charge in [-0.25, -0.2) is 0 Å². The van der Waals surface area contributed by atoms with Crippen molar-refractivity contribution < 1.29 is 9.90 Å². The van der Waals surface area contributed by atoms with Crippen molar-refractivity contribution in [3.8, 4) is 0 Å². The van der Waals surface area contributed by atoms with E-state index in [1.807, 2.05) is 0 Å². The molecule has 1 atom stereocenters. The molecule has 0 fully saturated rings. The van der Waals surface area contributed by atoms with Crippen molar-refractivity contribution in [3.05, 3.63) is 0 Å². The van der Waals surface area contributed by atoms with Gasteiger partial charge in [0.1, 0.15) is 0 Å². The molecule has 0 aromatic rings. The van der Waals surface area contributed by atoms with Gasteiger partial charge in [-0.1, -0.05) is 58.8 Å². The van der Waals surface area contributed by atoms with Crippen LogP contribution in [0.4, 0.5) is 0 Å². The van der Waals surface area contributed by atoms with Gasteiger partial charge >= 0.3 is 5.97 Å². The quantitative estimate of drug-likeness (QED) is 0.552. The molecule has 0 amide bonds. The Morgan fingerprint density at radius 1 is 1.07 bits per heavy atom. The van der Waals surface area contributed by atoms with Crippen molar-refractivity contribution >= 4 is 5.97 Å². The van der Waals surface area contributed by atoms with Crippen LogP contribution in [-0.4, -0.2) is 11.1 Å². The molecule has 2 heteroatoms. The van der Waals surface area contributed by atoms with Gasteiger partial charge in [0.25, 0.3) is 0 Å². The van der Waals surface area contributed by atoms with Gasteiger partial charge in [-0.3, -0.25) is 4.79 Å². The fourth-order valence-corrected chi connectivity index (χ4v) is 1.94. The first-order chi connectivity index (χ1) is 7.20. The van der Waals surface area contributed by atoms with E-state index in [-0.39, 0.29) is 0 Å². The average molecular weight is 214 g/mol. The fourth-order valence-electron chi connectivity index (χ4n) is 1.94. The Kier molecular flexibility index (Phi) is 9.65. The Labute approximate surface area is 94.1 Å². The van der Waals surface area contributed by atoms with Crippen LogP contribution in [0.5, 0.6) is 0 Å². The van der Waals surface area contributed by atoms with Gasteiger partial charge in [0, 0.05) is 6.42 Å². The molecule has 2 nitrogen and oxygen atoms in total. The molecule has 0 heterocycles. The second kappa shape index (κ2) is 10.0. The summed E-state index contributed by atoms with van der Waals surface area (Å²) in [4.78, 5) is 10.3. The monoisotopic (exact) mass is 214 g/mol. The lowest BCUT2D eigenvalue weighted by molar-refractivity contribution is -0.137. The summed E-state index contributed by atoms with van der Waals surface area (Å²) in [6.45, 7) is 4.47. The molecule has 1 unspecified atom stereocenters. The molecule has 15 heavy (non-hydrogen) atoms. The zero-order chi connectivity index (χ0) is 11.5. The van der Waals surface area contributed by atoms with Crippen molar-refractivity contribution in [2.45, 2.75) is 71.6 Å². The third kappa shape index (κ3) is 9.77. The van der Waals surface area contributed by atoms with E-state index in [4.69, 9.17) is 5.11 Å². The van der Waals surface area contributed by atoms with Gasteiger partial charge in [0.15, 0.2) is 0 Å². The number of hydrogen-bond donors (Lipinski definition) is 1. The van der Waals surface area contributed by atoms with E-state index in [1.165, 1.54) is 38.5 Å². The molecule has 0 aliphatic carbocycles. The molecule has 0 radical (unpaired) electrons. The molecule has 0 aromatic carbocycles. The summed E-state index contributed by atoms with van der Waals surface area (Å²) < 4.78 is 0. The maximum atomic E-state index is 10.3. The summed E-state index contributed by atoms with van der Waals surface area (Å²) in [5.41, 5.74) is 0. The third-order valence-corrected chi connectivity index (χ3v) is 3.05. The lowest BCUT2D eigenvalue weighted by atomic mass is 9.93. The van der Waals surface area contributed by atoms with Crippen molar-refractivity contribution in [3.63, 3.8) is 0 Å². The van der Waals surface area contributed by atoms with Crippen LogP contribution in [0.15, 0.2) is 0 Å². The molecule has 0 aromatic heterocycles. The minimum Gasteiger partial charge on any atom is -0.481 e. The normalized spacial score (nSPS) is 12.7. The number of rotatable bonds is 10. The molecule has 90 valence electrons. The first-order valence-corrected chi connectivity index (χ1v) is 6.42. The van der Waals surface area contributed by atoms with E-state index in [0.717, 1.165) is 18.8 Å². The molecule has 0 saturated carbocycles. The van der Waals surface area contributed by atoms with Crippen molar-refractivity contribution in [2.24, 2.45) is 5.92 Å². The molecule has 0 bridgehead atoms. The molecular formula is C13H26O2. The SMILES string of the molecule is CCCCCC(CC)CCCCC(=O)O. The van der Waals surface area contributed by atoms with Gasteiger partial charge in [-0.15, -0.1) is 0 Å². The highest BCUT2D eigenvalue weighted by Gasteiger charge is 2.06. The van der Waals surface area contributed by atoms with Crippen LogP contribution >= 0.6 is 0 Å². The Morgan fingerprint density at radius 3 is 2.13 bits per heavy atom. The zero-order valence-corrected chi connectivity index (χ0v) is 10.3. The summed E-state index contributed by atoms with van der Waals surface area (Å²) in [7, 11) is 0. The van der Waals surface area contributed by atoms with E-state index in [0.29, 0.717) is 6.42 Å². The number of carboxylic acids is 1. The molecule has 0 saturated heterocycles. The number of aliphatic carboxylic acids is 1. The minimum atomic E-state index is -0.658. The van der Waals surface area contributed by atoms with Crippen molar-refractivity contribution in [2.75, 3.05) is 0 Å². The lowest BCUT2D eigenvalue weighted by Gasteiger charge is -2.13. The molecule has 1 N–H and O–H groups in total. The molecule has 0 aliphatic rings. The molecule has 0 spiro atoms. The van der Waals surface area contributed by atoms with Gasteiger partial charge in [-0.05, 0) is 12.3 Å². The second-order valence-corrected chi connectivity index (χ2v) is 4.41. The standard InChI is InChI=1S/C13H26O2/c1-3-5-6-9-12(4-2)10-7-8-11-13(14)15/h12H,3-11H2,1-2H3,(H,14,15). The Hall–Kier alpha value is -0.530. The smallest absolute Gasteiger partial charge is 0.303 e. The number of carboxylic acid groups (broad SMARTS) is 1. The number of unbranched alkanes of at least 4 members (excludes halogenated alkanes) is 3. The van der Waals surface area contributed by atoms with E-state index >= 15 is 0 Å². The highest BCUT2D eigenvalue weighted by molar-refractivity contribution is 5.66. The maximum absolute atomic E-state index is 10.3. The van der Waals surface area contributed by atoms with Crippen LogP contribution < -0.4 is 0 Å². The first-order valence-electron chi connectivity index (χ1n) is 6.42. The van der Waals surface area contributed by atoms with E-state index < -0.39 is 5.97 Å². The summed E-state index contributed by atoms with van der Waals surface area (Å²) in [5.74, 6) is 0.166. The van der Waals surface area contributed by atoms with Crippen LogP contribution in [0, 0.1) is 5.92 Å².